The van der Waals surface area contributed by atoms with Crippen LogP contribution in [0.4, 0.5) is 19.0 Å². The molecule has 0 aromatic carbocycles. The Morgan fingerprint density at radius 2 is 2.00 bits per heavy atom. The first-order chi connectivity index (χ1) is 6.86. The summed E-state index contributed by atoms with van der Waals surface area (Å²) in [7, 11) is 0. The number of nitrogen functional groups attached to an aromatic ring is 1. The highest BCUT2D eigenvalue weighted by molar-refractivity contribution is 5.42. The molecule has 1 aromatic heterocycles. The van der Waals surface area contributed by atoms with Crippen LogP contribution in [-0.2, 0) is 6.18 Å². The van der Waals surface area contributed by atoms with E-state index in [4.69, 9.17) is 5.73 Å². The average molecular weight is 218 g/mol. The predicted molar refractivity (Wildman–Crippen MR) is 52.4 cm³/mol. The molecule has 0 fully saturated rings. The van der Waals surface area contributed by atoms with Crippen LogP contribution in [0, 0.1) is 0 Å². The molecule has 0 aliphatic rings. The minimum atomic E-state index is -4.43. The van der Waals surface area contributed by atoms with Crippen molar-refractivity contribution in [3.8, 4) is 0 Å². The highest BCUT2D eigenvalue weighted by Crippen LogP contribution is 2.31. The van der Waals surface area contributed by atoms with E-state index in [0.29, 0.717) is 5.56 Å². The first-order valence-corrected chi connectivity index (χ1v) is 4.69. The Balaban J connectivity index is 3.09. The Morgan fingerprint density at radius 3 is 2.40 bits per heavy atom. The van der Waals surface area contributed by atoms with Gasteiger partial charge in [0, 0.05) is 0 Å². The molecule has 1 unspecified atom stereocenters. The van der Waals surface area contributed by atoms with Gasteiger partial charge in [0.25, 0.3) is 0 Å². The number of halogens is 3. The van der Waals surface area contributed by atoms with Crippen LogP contribution in [0.3, 0.4) is 0 Å². The number of aromatic nitrogens is 1. The normalized spacial score (nSPS) is 13.9. The molecule has 0 saturated heterocycles. The van der Waals surface area contributed by atoms with Gasteiger partial charge in [0.15, 0.2) is 0 Å². The second kappa shape index (κ2) is 4.08. The van der Waals surface area contributed by atoms with Crippen LogP contribution in [0.25, 0.3) is 0 Å². The fourth-order valence-corrected chi connectivity index (χ4v) is 1.28. The van der Waals surface area contributed by atoms with Crippen molar-refractivity contribution in [2.75, 3.05) is 5.73 Å². The number of nitrogens with zero attached hydrogens (tertiary/aromatic N) is 1. The van der Waals surface area contributed by atoms with Crippen molar-refractivity contribution >= 4 is 5.82 Å². The zero-order valence-corrected chi connectivity index (χ0v) is 8.60. The van der Waals surface area contributed by atoms with Gasteiger partial charge < -0.3 is 5.73 Å². The van der Waals surface area contributed by atoms with Crippen molar-refractivity contribution < 1.29 is 13.2 Å². The van der Waals surface area contributed by atoms with E-state index in [-0.39, 0.29) is 11.7 Å². The molecule has 5 heteroatoms. The predicted octanol–water partition coefficient (Wildman–Crippen LogP) is 3.20. The third-order valence-electron chi connectivity index (χ3n) is 2.39. The van der Waals surface area contributed by atoms with E-state index in [1.54, 1.807) is 0 Å². The zero-order chi connectivity index (χ0) is 11.6. The number of alkyl halides is 3. The summed E-state index contributed by atoms with van der Waals surface area (Å²) >= 11 is 0. The summed E-state index contributed by atoms with van der Waals surface area (Å²) in [6.45, 7) is 3.85. The van der Waals surface area contributed by atoms with Crippen molar-refractivity contribution in [2.45, 2.75) is 32.4 Å². The van der Waals surface area contributed by atoms with E-state index >= 15 is 0 Å². The van der Waals surface area contributed by atoms with E-state index in [1.807, 2.05) is 13.8 Å². The minimum absolute atomic E-state index is 0.0285. The molecule has 1 aromatic rings. The van der Waals surface area contributed by atoms with Crippen molar-refractivity contribution in [1.29, 1.82) is 0 Å². The lowest BCUT2D eigenvalue weighted by atomic mass is 9.99. The quantitative estimate of drug-likeness (QED) is 0.827. The Hall–Kier alpha value is -1.26. The molecule has 0 bridgehead atoms. The van der Waals surface area contributed by atoms with Crippen molar-refractivity contribution in [3.63, 3.8) is 0 Å². The largest absolute Gasteiger partial charge is 0.433 e. The molecule has 0 aliphatic heterocycles. The summed E-state index contributed by atoms with van der Waals surface area (Å²) in [5, 5.41) is 0. The lowest BCUT2D eigenvalue weighted by Gasteiger charge is -2.13. The maximum absolute atomic E-state index is 12.3. The molecule has 84 valence electrons. The van der Waals surface area contributed by atoms with E-state index in [0.717, 1.165) is 12.5 Å². The summed E-state index contributed by atoms with van der Waals surface area (Å²) < 4.78 is 36.8. The first kappa shape index (κ1) is 11.8. The molecule has 0 radical (unpaired) electrons. The SMILES string of the molecule is CCC(C)c1ccc(C(F)(F)F)nc1N. The molecule has 0 amide bonds. The molecule has 1 rings (SSSR count). The van der Waals surface area contributed by atoms with Gasteiger partial charge in [0.1, 0.15) is 11.5 Å². The van der Waals surface area contributed by atoms with E-state index in [1.165, 1.54) is 6.07 Å². The molecular formula is C10H13F3N2. The molecule has 0 saturated carbocycles. The van der Waals surface area contributed by atoms with Crippen LogP contribution in [0.15, 0.2) is 12.1 Å². The molecule has 2 nitrogen and oxygen atoms in total. The minimum Gasteiger partial charge on any atom is -0.383 e. The Labute approximate surface area is 86.3 Å². The van der Waals surface area contributed by atoms with Crippen LogP contribution < -0.4 is 5.73 Å². The third kappa shape index (κ3) is 2.61. The van der Waals surface area contributed by atoms with Gasteiger partial charge in [-0.1, -0.05) is 19.9 Å². The highest BCUT2D eigenvalue weighted by atomic mass is 19.4. The number of nitrogens with two attached hydrogens (primary N) is 1. The summed E-state index contributed by atoms with van der Waals surface area (Å²) in [5.41, 5.74) is 5.22. The standard InChI is InChI=1S/C10H13F3N2/c1-3-6(2)7-4-5-8(10(11,12)13)15-9(7)14/h4-6H,3H2,1-2H3,(H2,14,15). The summed E-state index contributed by atoms with van der Waals surface area (Å²) in [6.07, 6.45) is -3.61. The maximum atomic E-state index is 12.3. The molecule has 1 heterocycles. The van der Waals surface area contributed by atoms with Crippen LogP contribution in [-0.4, -0.2) is 4.98 Å². The smallest absolute Gasteiger partial charge is 0.383 e. The van der Waals surface area contributed by atoms with Crippen molar-refractivity contribution in [2.24, 2.45) is 0 Å². The van der Waals surface area contributed by atoms with Crippen LogP contribution >= 0.6 is 0 Å². The molecule has 2 N–H and O–H groups in total. The lowest BCUT2D eigenvalue weighted by Crippen LogP contribution is -2.11. The van der Waals surface area contributed by atoms with Gasteiger partial charge in [-0.15, -0.1) is 0 Å². The van der Waals surface area contributed by atoms with E-state index in [9.17, 15) is 13.2 Å². The van der Waals surface area contributed by atoms with Gasteiger partial charge in [-0.2, -0.15) is 13.2 Å². The summed E-state index contributed by atoms with van der Waals surface area (Å²) in [5.74, 6) is 0.0963. The monoisotopic (exact) mass is 218 g/mol. The first-order valence-electron chi connectivity index (χ1n) is 4.69. The van der Waals surface area contributed by atoms with Gasteiger partial charge in [0.05, 0.1) is 0 Å². The highest BCUT2D eigenvalue weighted by Gasteiger charge is 2.32. The van der Waals surface area contributed by atoms with Gasteiger partial charge in [-0.05, 0) is 24.0 Å². The average Bonchev–Trinajstić information content (AvgIpc) is 2.15. The number of rotatable bonds is 2. The maximum Gasteiger partial charge on any atom is 0.433 e. The van der Waals surface area contributed by atoms with E-state index in [2.05, 4.69) is 4.98 Å². The number of hydrogen-bond acceptors (Lipinski definition) is 2. The van der Waals surface area contributed by atoms with E-state index < -0.39 is 11.9 Å². The summed E-state index contributed by atoms with van der Waals surface area (Å²) in [4.78, 5) is 3.37. The number of pyridine rings is 1. The van der Waals surface area contributed by atoms with Gasteiger partial charge in [-0.3, -0.25) is 0 Å². The lowest BCUT2D eigenvalue weighted by molar-refractivity contribution is -0.141. The van der Waals surface area contributed by atoms with Gasteiger partial charge in [0.2, 0.25) is 0 Å². The second-order valence-electron chi connectivity index (χ2n) is 3.48. The molecule has 0 spiro atoms. The fourth-order valence-electron chi connectivity index (χ4n) is 1.28. The second-order valence-corrected chi connectivity index (χ2v) is 3.48. The van der Waals surface area contributed by atoms with Gasteiger partial charge >= 0.3 is 6.18 Å². The third-order valence-corrected chi connectivity index (χ3v) is 2.39. The Kier molecular flexibility index (Phi) is 3.21. The van der Waals surface area contributed by atoms with Crippen LogP contribution in [0.1, 0.15) is 37.4 Å². The fraction of sp³-hybridized carbons (Fsp3) is 0.500. The van der Waals surface area contributed by atoms with Crippen LogP contribution in [0.2, 0.25) is 0 Å². The summed E-state index contributed by atoms with van der Waals surface area (Å²) in [6, 6.07) is 2.37. The van der Waals surface area contributed by atoms with Crippen LogP contribution in [0.5, 0.6) is 0 Å². The van der Waals surface area contributed by atoms with Gasteiger partial charge in [-0.25, -0.2) is 4.98 Å². The molecule has 0 aliphatic carbocycles. The zero-order valence-electron chi connectivity index (χ0n) is 8.60. The molecule has 1 atom stereocenters. The number of hydrogen-bond donors (Lipinski definition) is 1. The number of anilines is 1. The Morgan fingerprint density at radius 1 is 1.40 bits per heavy atom. The van der Waals surface area contributed by atoms with Crippen molar-refractivity contribution in [3.05, 3.63) is 23.4 Å². The topological polar surface area (TPSA) is 38.9 Å². The van der Waals surface area contributed by atoms with Crippen molar-refractivity contribution in [1.82, 2.24) is 4.98 Å². The Bertz CT molecular complexity index is 347. The molecular weight excluding hydrogens is 205 g/mol. The molecule has 15 heavy (non-hydrogen) atoms.